The third-order valence-electron chi connectivity index (χ3n) is 4.80. The van der Waals surface area contributed by atoms with Crippen LogP contribution in [0.1, 0.15) is 0 Å². The first-order chi connectivity index (χ1) is 16.3. The number of aromatic nitrogens is 2. The third kappa shape index (κ3) is 4.75. The first-order valence-electron chi connectivity index (χ1n) is 9.87. The summed E-state index contributed by atoms with van der Waals surface area (Å²) in [5.41, 5.74) is 0.262. The molecule has 176 valence electrons. The molecule has 1 aromatic heterocycles. The van der Waals surface area contributed by atoms with Gasteiger partial charge in [0.25, 0.3) is 15.7 Å². The first-order valence-corrected chi connectivity index (χ1v) is 11.7. The van der Waals surface area contributed by atoms with E-state index < -0.39 is 14.9 Å². The molecular weight excluding hydrogens is 486 g/mol. The van der Waals surface area contributed by atoms with Gasteiger partial charge in [0.1, 0.15) is 24.7 Å². The highest BCUT2D eigenvalue weighted by Gasteiger charge is 2.24. The number of hydrogen-bond donors (Lipinski definition) is 0. The lowest BCUT2D eigenvalue weighted by molar-refractivity contribution is -0.384. The van der Waals surface area contributed by atoms with Gasteiger partial charge >= 0.3 is 0 Å². The molecule has 0 radical (unpaired) electrons. The summed E-state index contributed by atoms with van der Waals surface area (Å²) in [5.74, 6) is 1.01. The number of nitro benzene ring substituents is 1. The van der Waals surface area contributed by atoms with Crippen LogP contribution < -0.4 is 14.2 Å². The van der Waals surface area contributed by atoms with Crippen LogP contribution in [-0.2, 0) is 10.0 Å². The fourth-order valence-electron chi connectivity index (χ4n) is 3.13. The summed E-state index contributed by atoms with van der Waals surface area (Å²) in [6, 6.07) is 16.2. The Kier molecular flexibility index (Phi) is 6.57. The van der Waals surface area contributed by atoms with Crippen LogP contribution in [0.25, 0.3) is 10.9 Å². The second-order valence-electron chi connectivity index (χ2n) is 6.94. The minimum absolute atomic E-state index is 0.0187. The molecule has 4 rings (SSSR count). The summed E-state index contributed by atoms with van der Waals surface area (Å²) >= 11 is 5.88. The lowest BCUT2D eigenvalue weighted by atomic mass is 10.2. The molecule has 34 heavy (non-hydrogen) atoms. The molecule has 0 bridgehead atoms. The van der Waals surface area contributed by atoms with Gasteiger partial charge in [-0.1, -0.05) is 11.6 Å². The molecule has 0 saturated heterocycles. The van der Waals surface area contributed by atoms with Gasteiger partial charge in [0.2, 0.25) is 5.88 Å². The van der Waals surface area contributed by atoms with Crippen molar-refractivity contribution in [2.75, 3.05) is 20.3 Å². The second kappa shape index (κ2) is 9.57. The van der Waals surface area contributed by atoms with Crippen LogP contribution >= 0.6 is 11.6 Å². The first kappa shape index (κ1) is 23.3. The minimum Gasteiger partial charge on any atom is -0.497 e. The molecule has 10 nitrogen and oxygen atoms in total. The number of nitro groups is 1. The van der Waals surface area contributed by atoms with Crippen molar-refractivity contribution in [1.82, 2.24) is 9.19 Å². The van der Waals surface area contributed by atoms with Crippen molar-refractivity contribution in [3.63, 3.8) is 0 Å². The normalized spacial score (nSPS) is 11.4. The average molecular weight is 504 g/mol. The number of nitrogens with zero attached hydrogens (tertiary/aromatic N) is 3. The monoisotopic (exact) mass is 503 g/mol. The van der Waals surface area contributed by atoms with Crippen LogP contribution in [-0.4, -0.2) is 42.9 Å². The van der Waals surface area contributed by atoms with Gasteiger partial charge in [-0.15, -0.1) is 9.19 Å². The van der Waals surface area contributed by atoms with E-state index in [1.54, 1.807) is 18.2 Å². The zero-order chi connectivity index (χ0) is 24.3. The molecule has 0 fully saturated rings. The van der Waals surface area contributed by atoms with Gasteiger partial charge in [-0.3, -0.25) is 10.1 Å². The van der Waals surface area contributed by atoms with Crippen LogP contribution in [0.5, 0.6) is 17.4 Å². The highest BCUT2D eigenvalue weighted by atomic mass is 35.5. The SMILES string of the molecule is COc1ccc2c(c1)c(OCCOc1ccc([N+](=O)[O-])cc1)nn2S(=O)(=O)c1ccc(Cl)cc1. The molecule has 1 heterocycles. The minimum atomic E-state index is -4.03. The Morgan fingerprint density at radius 3 is 2.26 bits per heavy atom. The van der Waals surface area contributed by atoms with Crippen LogP contribution in [0.4, 0.5) is 5.69 Å². The molecule has 0 atom stereocenters. The quantitative estimate of drug-likeness (QED) is 0.188. The van der Waals surface area contributed by atoms with E-state index in [0.29, 0.717) is 27.4 Å². The van der Waals surface area contributed by atoms with Crippen molar-refractivity contribution in [3.8, 4) is 17.4 Å². The summed E-state index contributed by atoms with van der Waals surface area (Å²) in [6.07, 6.45) is 0. The maximum absolute atomic E-state index is 13.2. The standard InChI is InChI=1S/C22H18ClN3O7S/c1-31-18-8-11-21-20(14-18)22(24-25(21)34(29,30)19-9-2-15(23)3-10-19)33-13-12-32-17-6-4-16(5-7-17)26(27)28/h2-11,14H,12-13H2,1H3. The van der Waals surface area contributed by atoms with E-state index in [1.807, 2.05) is 0 Å². The largest absolute Gasteiger partial charge is 0.497 e. The van der Waals surface area contributed by atoms with Crippen molar-refractivity contribution in [3.05, 3.63) is 81.9 Å². The molecule has 0 saturated carbocycles. The van der Waals surface area contributed by atoms with E-state index >= 15 is 0 Å². The van der Waals surface area contributed by atoms with Crippen LogP contribution in [0.15, 0.2) is 71.6 Å². The predicted molar refractivity (Wildman–Crippen MR) is 124 cm³/mol. The number of halogens is 1. The number of methoxy groups -OCH3 is 1. The van der Waals surface area contributed by atoms with E-state index in [9.17, 15) is 18.5 Å². The summed E-state index contributed by atoms with van der Waals surface area (Å²) < 4.78 is 43.8. The van der Waals surface area contributed by atoms with Crippen molar-refractivity contribution in [1.29, 1.82) is 0 Å². The lowest BCUT2D eigenvalue weighted by Crippen LogP contribution is -2.15. The Bertz CT molecular complexity index is 1440. The Morgan fingerprint density at radius 1 is 0.971 bits per heavy atom. The maximum Gasteiger partial charge on any atom is 0.283 e. The van der Waals surface area contributed by atoms with Crippen LogP contribution in [0, 0.1) is 10.1 Å². The highest BCUT2D eigenvalue weighted by molar-refractivity contribution is 7.90. The Hall–Kier alpha value is -3.83. The van der Waals surface area contributed by atoms with Crippen molar-refractivity contribution < 1.29 is 27.6 Å². The summed E-state index contributed by atoms with van der Waals surface area (Å²) in [5, 5.41) is 15.8. The molecule has 0 amide bonds. The van der Waals surface area contributed by atoms with Crippen molar-refractivity contribution in [2.24, 2.45) is 0 Å². The second-order valence-corrected chi connectivity index (χ2v) is 9.14. The number of fused-ring (bicyclic) bond motifs is 1. The molecule has 12 heteroatoms. The van der Waals surface area contributed by atoms with Crippen molar-refractivity contribution >= 4 is 38.2 Å². The maximum atomic E-state index is 13.2. The molecule has 0 spiro atoms. The van der Waals surface area contributed by atoms with Gasteiger partial charge in [-0.05, 0) is 54.6 Å². The van der Waals surface area contributed by atoms with Gasteiger partial charge in [0, 0.05) is 17.2 Å². The zero-order valence-corrected chi connectivity index (χ0v) is 19.3. The van der Waals surface area contributed by atoms with E-state index in [1.165, 1.54) is 55.6 Å². The zero-order valence-electron chi connectivity index (χ0n) is 17.8. The van der Waals surface area contributed by atoms with Gasteiger partial charge in [-0.25, -0.2) is 0 Å². The van der Waals surface area contributed by atoms with E-state index in [2.05, 4.69) is 5.10 Å². The molecule has 3 aromatic carbocycles. The van der Waals surface area contributed by atoms with E-state index in [-0.39, 0.29) is 29.7 Å². The topological polar surface area (TPSA) is 123 Å². The molecule has 0 N–H and O–H groups in total. The van der Waals surface area contributed by atoms with Gasteiger partial charge < -0.3 is 14.2 Å². The fourth-order valence-corrected chi connectivity index (χ4v) is 4.53. The Morgan fingerprint density at radius 2 is 1.62 bits per heavy atom. The number of non-ortho nitro benzene ring substituents is 1. The van der Waals surface area contributed by atoms with E-state index in [4.69, 9.17) is 25.8 Å². The molecule has 0 unspecified atom stereocenters. The summed E-state index contributed by atoms with van der Waals surface area (Å²) in [6.45, 7) is 0.140. The smallest absolute Gasteiger partial charge is 0.283 e. The Balaban J connectivity index is 1.57. The van der Waals surface area contributed by atoms with Gasteiger partial charge in [-0.2, -0.15) is 8.42 Å². The molecule has 0 aliphatic carbocycles. The molecule has 0 aliphatic rings. The summed E-state index contributed by atoms with van der Waals surface area (Å²) in [4.78, 5) is 10.3. The molecule has 4 aromatic rings. The predicted octanol–water partition coefficient (Wildman–Crippen LogP) is 4.30. The van der Waals surface area contributed by atoms with Crippen LogP contribution in [0.3, 0.4) is 0 Å². The van der Waals surface area contributed by atoms with Crippen molar-refractivity contribution in [2.45, 2.75) is 4.90 Å². The highest BCUT2D eigenvalue weighted by Crippen LogP contribution is 2.31. The fraction of sp³-hybridized carbons (Fsp3) is 0.136. The third-order valence-corrected chi connectivity index (χ3v) is 6.65. The summed E-state index contributed by atoms with van der Waals surface area (Å²) in [7, 11) is -2.53. The van der Waals surface area contributed by atoms with Gasteiger partial charge in [0.15, 0.2) is 0 Å². The van der Waals surface area contributed by atoms with Gasteiger partial charge in [0.05, 0.1) is 27.8 Å². The number of ether oxygens (including phenoxy) is 3. The number of hydrogen-bond acceptors (Lipinski definition) is 8. The van der Waals surface area contributed by atoms with E-state index in [0.717, 1.165) is 4.09 Å². The number of rotatable bonds is 9. The molecular formula is C22H18ClN3O7S. The van der Waals surface area contributed by atoms with Crippen LogP contribution in [0.2, 0.25) is 5.02 Å². The average Bonchev–Trinajstić information content (AvgIpc) is 3.21. The Labute approximate surface area is 199 Å². The number of benzene rings is 3. The lowest BCUT2D eigenvalue weighted by Gasteiger charge is -2.07. The molecule has 0 aliphatic heterocycles.